The molecule has 0 radical (unpaired) electrons. The van der Waals surface area contributed by atoms with Crippen LogP contribution in [0.25, 0.3) is 0 Å². The molecule has 3 heterocycles. The van der Waals surface area contributed by atoms with Crippen LogP contribution in [0.15, 0.2) is 67.0 Å². The van der Waals surface area contributed by atoms with E-state index >= 15 is 0 Å². The summed E-state index contributed by atoms with van der Waals surface area (Å²) in [4.78, 5) is 27.3. The van der Waals surface area contributed by atoms with Crippen molar-refractivity contribution in [3.63, 3.8) is 0 Å². The second-order valence-electron chi connectivity index (χ2n) is 13.6. The molecule has 0 bridgehead atoms. The number of piperidine rings is 1. The van der Waals surface area contributed by atoms with Crippen LogP contribution >= 0.6 is 24.0 Å². The van der Waals surface area contributed by atoms with Crippen molar-refractivity contribution in [3.05, 3.63) is 89.2 Å². The number of halogens is 1. The molecular weight excluding hydrogens is 675 g/mol. The van der Waals surface area contributed by atoms with Crippen LogP contribution in [0.2, 0.25) is 0 Å². The fourth-order valence-electron chi connectivity index (χ4n) is 7.55. The minimum Gasteiger partial charge on any atom is -0.457 e. The number of benzene rings is 2. The molecule has 2 N–H and O–H groups in total. The quantitative estimate of drug-likeness (QED) is 0.164. The predicted molar refractivity (Wildman–Crippen MR) is 187 cm³/mol. The molecule has 7 nitrogen and oxygen atoms in total. The van der Waals surface area contributed by atoms with Crippen molar-refractivity contribution in [3.8, 4) is 11.5 Å². The van der Waals surface area contributed by atoms with Crippen LogP contribution in [0.5, 0.6) is 11.5 Å². The van der Waals surface area contributed by atoms with Gasteiger partial charge in [0.05, 0.1) is 32.6 Å². The summed E-state index contributed by atoms with van der Waals surface area (Å²) in [5, 5.41) is 6.42. The standard InChI is InChI=1S/C37H46N4O3.HI/c1-27-11-10-20-40(24-27)26-38-36(42)29-16-17-34-32(23-29)35(31-14-8-9-15-33(31)44-34)37(43)39-30-18-21-41(2,22-19-30)25-28-12-6-4-3-5-7-13-28;/h8-11,14-17,20,23-24,28,30,35H,3-7,12-13,18-19,21-22,25-26H2,1-2H3;1H/p+2. The van der Waals surface area contributed by atoms with Crippen molar-refractivity contribution in [1.82, 2.24) is 10.6 Å². The fourth-order valence-corrected chi connectivity index (χ4v) is 7.55. The number of carbonyl (C=O) groups excluding carboxylic acids is 2. The van der Waals surface area contributed by atoms with E-state index in [0.717, 1.165) is 53.0 Å². The number of ether oxygens (including phenoxy) is 1. The smallest absolute Gasteiger partial charge is 0.256 e. The molecule has 6 rings (SSSR count). The lowest BCUT2D eigenvalue weighted by molar-refractivity contribution is -0.917. The van der Waals surface area contributed by atoms with Gasteiger partial charge in [-0.2, -0.15) is 4.57 Å². The Hall–Kier alpha value is -2.98. The third-order valence-electron chi connectivity index (χ3n) is 10.0. The number of pyridine rings is 1. The lowest BCUT2D eigenvalue weighted by atomic mass is 9.85. The molecule has 45 heavy (non-hydrogen) atoms. The Morgan fingerprint density at radius 3 is 2.36 bits per heavy atom. The SMILES string of the molecule is Cc1ccc[n+](CNC(=O)c2ccc3c(c2)C(C(=O)NC2CC[N+](C)(CC4CCCCCCC4)CC2)c2ccccc2O3)c1.I. The van der Waals surface area contributed by atoms with Gasteiger partial charge in [-0.25, -0.2) is 0 Å². The Bertz CT molecular complexity index is 1480. The number of para-hydroxylation sites is 1. The van der Waals surface area contributed by atoms with Crippen LogP contribution in [0.4, 0.5) is 0 Å². The number of carbonyl (C=O) groups is 2. The number of aromatic nitrogens is 1. The van der Waals surface area contributed by atoms with E-state index in [1.807, 2.05) is 72.4 Å². The van der Waals surface area contributed by atoms with Crippen LogP contribution in [0, 0.1) is 12.8 Å². The van der Waals surface area contributed by atoms with Gasteiger partial charge in [0.2, 0.25) is 12.6 Å². The van der Waals surface area contributed by atoms with E-state index in [0.29, 0.717) is 23.7 Å². The maximum absolute atomic E-state index is 14.1. The van der Waals surface area contributed by atoms with Crippen LogP contribution in [0.1, 0.15) is 90.8 Å². The number of amides is 2. The minimum absolute atomic E-state index is 0. The topological polar surface area (TPSA) is 71.3 Å². The highest BCUT2D eigenvalue weighted by Crippen LogP contribution is 2.44. The van der Waals surface area contributed by atoms with E-state index in [4.69, 9.17) is 4.74 Å². The molecule has 1 atom stereocenters. The molecule has 3 aromatic rings. The van der Waals surface area contributed by atoms with Crippen molar-refractivity contribution >= 4 is 35.8 Å². The van der Waals surface area contributed by atoms with Crippen LogP contribution in [-0.2, 0) is 11.5 Å². The first kappa shape index (κ1) is 33.4. The molecule has 3 aliphatic rings. The zero-order valence-electron chi connectivity index (χ0n) is 26.8. The third-order valence-corrected chi connectivity index (χ3v) is 10.0. The molecule has 2 aromatic carbocycles. The van der Waals surface area contributed by atoms with Gasteiger partial charge in [-0.05, 0) is 50.1 Å². The van der Waals surface area contributed by atoms with Crippen LogP contribution in [0.3, 0.4) is 0 Å². The first-order chi connectivity index (χ1) is 21.4. The number of fused-ring (bicyclic) bond motifs is 2. The molecule has 1 aliphatic carbocycles. The first-order valence-corrected chi connectivity index (χ1v) is 16.7. The number of nitrogens with zero attached hydrogens (tertiary/aromatic N) is 2. The Kier molecular flexibility index (Phi) is 11.2. The molecule has 1 saturated carbocycles. The van der Waals surface area contributed by atoms with Gasteiger partial charge in [0.15, 0.2) is 12.4 Å². The number of aryl methyl sites for hydroxylation is 1. The van der Waals surface area contributed by atoms with Gasteiger partial charge < -0.3 is 14.5 Å². The summed E-state index contributed by atoms with van der Waals surface area (Å²) in [6.07, 6.45) is 15.6. The van der Waals surface area contributed by atoms with E-state index in [1.54, 1.807) is 6.07 Å². The first-order valence-electron chi connectivity index (χ1n) is 16.7. The van der Waals surface area contributed by atoms with E-state index in [-0.39, 0.29) is 41.8 Å². The summed E-state index contributed by atoms with van der Waals surface area (Å²) in [6, 6.07) is 17.3. The summed E-state index contributed by atoms with van der Waals surface area (Å²) >= 11 is 0. The molecule has 1 unspecified atom stereocenters. The summed E-state index contributed by atoms with van der Waals surface area (Å²) in [7, 11) is 2.42. The highest BCUT2D eigenvalue weighted by atomic mass is 127. The van der Waals surface area contributed by atoms with E-state index < -0.39 is 5.92 Å². The number of nitrogens with one attached hydrogen (secondary N) is 2. The third kappa shape index (κ3) is 8.25. The van der Waals surface area contributed by atoms with Gasteiger partial charge in [-0.3, -0.25) is 14.9 Å². The molecule has 240 valence electrons. The van der Waals surface area contributed by atoms with Crippen molar-refractivity contribution in [2.45, 2.75) is 83.3 Å². The number of quaternary nitrogens is 1. The molecule has 1 aromatic heterocycles. The maximum atomic E-state index is 14.1. The second kappa shape index (κ2) is 15.1. The van der Waals surface area contributed by atoms with Gasteiger partial charge in [0, 0.05) is 53.1 Å². The summed E-state index contributed by atoms with van der Waals surface area (Å²) in [5.41, 5.74) is 3.21. The predicted octanol–water partition coefficient (Wildman–Crippen LogP) is 6.61. The highest BCUT2D eigenvalue weighted by molar-refractivity contribution is 14.0. The van der Waals surface area contributed by atoms with E-state index in [2.05, 4.69) is 17.7 Å². The molecule has 8 heteroatoms. The largest absolute Gasteiger partial charge is 0.457 e. The molecule has 1 saturated heterocycles. The monoisotopic (exact) mass is 724 g/mol. The zero-order chi connectivity index (χ0) is 30.5. The lowest BCUT2D eigenvalue weighted by Crippen LogP contribution is -2.56. The highest BCUT2D eigenvalue weighted by Gasteiger charge is 2.37. The average Bonchev–Trinajstić information content (AvgIpc) is 3.01. The van der Waals surface area contributed by atoms with E-state index in [1.165, 1.54) is 51.5 Å². The van der Waals surface area contributed by atoms with Crippen LogP contribution < -0.4 is 19.9 Å². The number of hydrogen-bond donors (Lipinski definition) is 2. The Labute approximate surface area is 285 Å². The normalized spacial score (nSPS) is 23.2. The van der Waals surface area contributed by atoms with Gasteiger partial charge in [0.1, 0.15) is 11.5 Å². The average molecular weight is 725 g/mol. The van der Waals surface area contributed by atoms with Crippen molar-refractivity contribution < 1.29 is 23.4 Å². The number of hydrogen-bond acceptors (Lipinski definition) is 3. The molecule has 2 fully saturated rings. The molecule has 2 aliphatic heterocycles. The van der Waals surface area contributed by atoms with Crippen molar-refractivity contribution in [2.24, 2.45) is 5.92 Å². The Morgan fingerprint density at radius 1 is 0.889 bits per heavy atom. The van der Waals surface area contributed by atoms with Gasteiger partial charge in [-0.15, -0.1) is 24.0 Å². The minimum atomic E-state index is -0.536. The summed E-state index contributed by atoms with van der Waals surface area (Å²) in [6.45, 7) is 5.86. The molecule has 0 spiro atoms. The van der Waals surface area contributed by atoms with Crippen molar-refractivity contribution in [2.75, 3.05) is 26.7 Å². The Balaban J connectivity index is 0.00000400. The lowest BCUT2D eigenvalue weighted by Gasteiger charge is -2.43. The maximum Gasteiger partial charge on any atom is 0.256 e. The van der Waals surface area contributed by atoms with E-state index in [9.17, 15) is 9.59 Å². The molecule has 2 amide bonds. The summed E-state index contributed by atoms with van der Waals surface area (Å²) in [5.74, 6) is 1.42. The molecular formula is C37H49IN4O3+2. The van der Waals surface area contributed by atoms with Gasteiger partial charge in [0.25, 0.3) is 5.91 Å². The fraction of sp³-hybridized carbons (Fsp3) is 0.486. The second-order valence-corrected chi connectivity index (χ2v) is 13.6. The Morgan fingerprint density at radius 2 is 1.60 bits per heavy atom. The van der Waals surface area contributed by atoms with Gasteiger partial charge in [-0.1, -0.05) is 50.3 Å². The zero-order valence-corrected chi connectivity index (χ0v) is 29.1. The van der Waals surface area contributed by atoms with Gasteiger partial charge >= 0.3 is 0 Å². The number of likely N-dealkylation sites (tertiary alicyclic amines) is 1. The number of rotatable bonds is 7. The van der Waals surface area contributed by atoms with Crippen LogP contribution in [-0.4, -0.2) is 49.0 Å². The van der Waals surface area contributed by atoms with Crippen molar-refractivity contribution in [1.29, 1.82) is 0 Å². The summed E-state index contributed by atoms with van der Waals surface area (Å²) < 4.78 is 9.28.